The maximum atomic E-state index is 12.7. The SMILES string of the molecule is CC1CC2CC(C(C)n3cnnc3)(C1)N2C(=O)OC(C)(C)C. The summed E-state index contributed by atoms with van der Waals surface area (Å²) in [5, 5.41) is 7.83. The van der Waals surface area contributed by atoms with Crippen molar-refractivity contribution in [2.24, 2.45) is 5.92 Å². The number of ether oxygens (including phenoxy) is 1. The molecule has 0 spiro atoms. The molecular formula is C16H26N4O2. The molecule has 2 bridgehead atoms. The van der Waals surface area contributed by atoms with Crippen molar-refractivity contribution in [1.82, 2.24) is 19.7 Å². The minimum Gasteiger partial charge on any atom is -0.444 e. The standard InChI is InChI=1S/C16H26N4O2/c1-11-6-13-8-16(7-11,12(2)19-9-17-18-10-19)20(13)14(21)22-15(3,4)5/h9-13H,6-8H2,1-5H3. The molecule has 3 heterocycles. The van der Waals surface area contributed by atoms with E-state index in [1.165, 1.54) is 0 Å². The monoisotopic (exact) mass is 306 g/mol. The van der Waals surface area contributed by atoms with E-state index >= 15 is 0 Å². The van der Waals surface area contributed by atoms with Crippen LogP contribution in [-0.2, 0) is 4.74 Å². The molecule has 4 atom stereocenters. The van der Waals surface area contributed by atoms with Gasteiger partial charge in [0.05, 0.1) is 11.6 Å². The maximum absolute atomic E-state index is 12.7. The van der Waals surface area contributed by atoms with E-state index in [4.69, 9.17) is 4.74 Å². The molecule has 2 aliphatic heterocycles. The number of hydrogen-bond donors (Lipinski definition) is 0. The lowest BCUT2D eigenvalue weighted by atomic mass is 9.61. The Balaban J connectivity index is 1.87. The third-order valence-corrected chi connectivity index (χ3v) is 5.06. The van der Waals surface area contributed by atoms with E-state index in [1.807, 2.05) is 30.2 Å². The summed E-state index contributed by atoms with van der Waals surface area (Å²) < 4.78 is 7.66. The molecule has 1 aliphatic carbocycles. The van der Waals surface area contributed by atoms with Crippen LogP contribution in [0.4, 0.5) is 4.79 Å². The predicted octanol–water partition coefficient (Wildman–Crippen LogP) is 3.02. The van der Waals surface area contributed by atoms with Gasteiger partial charge in [-0.2, -0.15) is 0 Å². The number of piperidine rings is 1. The molecule has 6 nitrogen and oxygen atoms in total. The van der Waals surface area contributed by atoms with Crippen molar-refractivity contribution in [2.75, 3.05) is 0 Å². The van der Waals surface area contributed by atoms with Crippen LogP contribution in [0.2, 0.25) is 0 Å². The molecule has 22 heavy (non-hydrogen) atoms. The van der Waals surface area contributed by atoms with Crippen molar-refractivity contribution in [3.8, 4) is 0 Å². The number of hydrogen-bond acceptors (Lipinski definition) is 4. The van der Waals surface area contributed by atoms with Crippen molar-refractivity contribution in [2.45, 2.75) is 77.1 Å². The Bertz CT molecular complexity index is 551. The van der Waals surface area contributed by atoms with E-state index in [2.05, 4.69) is 24.0 Å². The molecule has 4 rings (SSSR count). The molecule has 4 unspecified atom stereocenters. The topological polar surface area (TPSA) is 60.2 Å². The average Bonchev–Trinajstić information content (AvgIpc) is 2.87. The second-order valence-electron chi connectivity index (χ2n) is 7.94. The van der Waals surface area contributed by atoms with Gasteiger partial charge in [-0.25, -0.2) is 4.79 Å². The minimum absolute atomic E-state index is 0.147. The van der Waals surface area contributed by atoms with Crippen molar-refractivity contribution in [3.63, 3.8) is 0 Å². The van der Waals surface area contributed by atoms with Gasteiger partial charge < -0.3 is 9.30 Å². The molecule has 3 fully saturated rings. The van der Waals surface area contributed by atoms with Gasteiger partial charge in [-0.1, -0.05) is 6.92 Å². The number of carbonyl (C=O) groups is 1. The van der Waals surface area contributed by atoms with Crippen molar-refractivity contribution >= 4 is 6.09 Å². The fourth-order valence-corrected chi connectivity index (χ4v) is 4.24. The third-order valence-electron chi connectivity index (χ3n) is 5.06. The van der Waals surface area contributed by atoms with Gasteiger partial charge in [0.1, 0.15) is 18.3 Å². The first-order valence-electron chi connectivity index (χ1n) is 8.09. The molecule has 1 saturated carbocycles. The Hall–Kier alpha value is -1.59. The maximum Gasteiger partial charge on any atom is 0.411 e. The molecule has 122 valence electrons. The van der Waals surface area contributed by atoms with Gasteiger partial charge in [-0.05, 0) is 52.9 Å². The van der Waals surface area contributed by atoms with Gasteiger partial charge in [0.2, 0.25) is 0 Å². The third kappa shape index (κ3) is 2.38. The summed E-state index contributed by atoms with van der Waals surface area (Å²) in [6.07, 6.45) is 6.39. The summed E-state index contributed by atoms with van der Waals surface area (Å²) in [6, 6.07) is 0.451. The number of amides is 1. The number of fused-ring (bicyclic) bond motifs is 2. The van der Waals surface area contributed by atoms with Gasteiger partial charge >= 0.3 is 6.09 Å². The zero-order valence-corrected chi connectivity index (χ0v) is 14.1. The summed E-state index contributed by atoms with van der Waals surface area (Å²) in [5.74, 6) is 0.622. The minimum atomic E-state index is -0.465. The molecule has 6 heteroatoms. The Labute approximate surface area is 131 Å². The highest BCUT2D eigenvalue weighted by atomic mass is 16.6. The molecule has 0 radical (unpaired) electrons. The first-order chi connectivity index (χ1) is 10.2. The Morgan fingerprint density at radius 3 is 2.55 bits per heavy atom. The van der Waals surface area contributed by atoms with Gasteiger partial charge in [-0.3, -0.25) is 4.90 Å². The number of carbonyl (C=O) groups excluding carboxylic acids is 1. The van der Waals surface area contributed by atoms with Crippen LogP contribution in [0.1, 0.15) is 59.9 Å². The molecule has 1 aromatic heterocycles. The highest BCUT2D eigenvalue weighted by Gasteiger charge is 2.62. The molecule has 0 aromatic carbocycles. The highest BCUT2D eigenvalue weighted by molar-refractivity contribution is 5.71. The van der Waals surface area contributed by atoms with Gasteiger partial charge in [0, 0.05) is 6.04 Å². The summed E-state index contributed by atoms with van der Waals surface area (Å²) in [4.78, 5) is 14.7. The zero-order valence-electron chi connectivity index (χ0n) is 14.1. The zero-order chi connectivity index (χ0) is 16.1. The Kier molecular flexibility index (Phi) is 3.45. The smallest absolute Gasteiger partial charge is 0.411 e. The van der Waals surface area contributed by atoms with Crippen LogP contribution < -0.4 is 0 Å². The number of nitrogens with zero attached hydrogens (tertiary/aromatic N) is 4. The van der Waals surface area contributed by atoms with Gasteiger partial charge in [0.25, 0.3) is 0 Å². The molecule has 0 N–H and O–H groups in total. The summed E-state index contributed by atoms with van der Waals surface area (Å²) in [7, 11) is 0. The summed E-state index contributed by atoms with van der Waals surface area (Å²) >= 11 is 0. The van der Waals surface area contributed by atoms with Crippen LogP contribution in [0.3, 0.4) is 0 Å². The van der Waals surface area contributed by atoms with Crippen LogP contribution in [-0.4, -0.2) is 42.9 Å². The van der Waals surface area contributed by atoms with Crippen LogP contribution in [0.5, 0.6) is 0 Å². The second-order valence-corrected chi connectivity index (χ2v) is 7.94. The van der Waals surface area contributed by atoms with E-state index in [0.29, 0.717) is 12.0 Å². The van der Waals surface area contributed by atoms with Crippen LogP contribution in [0.15, 0.2) is 12.7 Å². The molecule has 2 saturated heterocycles. The normalized spacial score (nSPS) is 32.3. The molecule has 1 amide bonds. The van der Waals surface area contributed by atoms with E-state index in [1.54, 1.807) is 12.7 Å². The molecular weight excluding hydrogens is 280 g/mol. The molecule has 3 aliphatic rings. The van der Waals surface area contributed by atoms with E-state index < -0.39 is 5.60 Å². The van der Waals surface area contributed by atoms with Gasteiger partial charge in [-0.15, -0.1) is 10.2 Å². The van der Waals surface area contributed by atoms with E-state index in [0.717, 1.165) is 19.3 Å². The fourth-order valence-electron chi connectivity index (χ4n) is 4.24. The molecule has 1 aromatic rings. The average molecular weight is 306 g/mol. The quantitative estimate of drug-likeness (QED) is 0.842. The number of aromatic nitrogens is 3. The summed E-state index contributed by atoms with van der Waals surface area (Å²) in [5.41, 5.74) is -0.638. The second kappa shape index (κ2) is 4.96. The lowest BCUT2D eigenvalue weighted by molar-refractivity contribution is -0.143. The van der Waals surface area contributed by atoms with Gasteiger partial charge in [0.15, 0.2) is 0 Å². The van der Waals surface area contributed by atoms with Crippen molar-refractivity contribution in [1.29, 1.82) is 0 Å². The lowest BCUT2D eigenvalue weighted by Crippen LogP contribution is -2.74. The Morgan fingerprint density at radius 2 is 1.95 bits per heavy atom. The first kappa shape index (κ1) is 15.3. The predicted molar refractivity (Wildman–Crippen MR) is 82.3 cm³/mol. The van der Waals surface area contributed by atoms with E-state index in [9.17, 15) is 4.79 Å². The fraction of sp³-hybridized carbons (Fsp3) is 0.812. The van der Waals surface area contributed by atoms with Crippen LogP contribution in [0.25, 0.3) is 0 Å². The lowest BCUT2D eigenvalue weighted by Gasteiger charge is -2.65. The highest BCUT2D eigenvalue weighted by Crippen LogP contribution is 2.55. The van der Waals surface area contributed by atoms with Crippen LogP contribution >= 0.6 is 0 Å². The Morgan fingerprint density at radius 1 is 1.32 bits per heavy atom. The first-order valence-corrected chi connectivity index (χ1v) is 8.09. The van der Waals surface area contributed by atoms with Crippen molar-refractivity contribution in [3.05, 3.63) is 12.7 Å². The number of rotatable bonds is 2. The van der Waals surface area contributed by atoms with E-state index in [-0.39, 0.29) is 17.7 Å². The largest absolute Gasteiger partial charge is 0.444 e. The van der Waals surface area contributed by atoms with Crippen molar-refractivity contribution < 1.29 is 9.53 Å². The summed E-state index contributed by atoms with van der Waals surface area (Å²) in [6.45, 7) is 10.2. The van der Waals surface area contributed by atoms with Crippen LogP contribution in [0, 0.1) is 5.92 Å².